The van der Waals surface area contributed by atoms with Crippen molar-refractivity contribution in [2.24, 2.45) is 0 Å². The third-order valence-electron chi connectivity index (χ3n) is 4.40. The van der Waals surface area contributed by atoms with Crippen molar-refractivity contribution in [2.75, 3.05) is 6.61 Å². The molecule has 1 aromatic rings. The van der Waals surface area contributed by atoms with Crippen LogP contribution in [0.15, 0.2) is 29.7 Å². The second-order valence-corrected chi connectivity index (χ2v) is 6.54. The Balaban J connectivity index is 0.00000169. The molecule has 2 amide bonds. The van der Waals surface area contributed by atoms with Crippen molar-refractivity contribution in [2.45, 2.75) is 50.9 Å². The van der Waals surface area contributed by atoms with Gasteiger partial charge in [-0.3, -0.25) is 0 Å². The Morgan fingerprint density at radius 2 is 2.33 bits per heavy atom. The smallest absolute Gasteiger partial charge is 0.315 e. The average Bonchev–Trinajstić information content (AvgIpc) is 2.52. The zero-order chi connectivity index (χ0) is 17.2. The molecule has 2 bridgehead atoms. The van der Waals surface area contributed by atoms with Crippen LogP contribution in [0.4, 0.5) is 13.6 Å². The van der Waals surface area contributed by atoms with Gasteiger partial charge in [-0.2, -0.15) is 0 Å². The van der Waals surface area contributed by atoms with E-state index in [1.165, 1.54) is 6.92 Å². The number of halogens is 2. The lowest BCUT2D eigenvalue weighted by atomic mass is 9.65. The van der Waals surface area contributed by atoms with Crippen molar-refractivity contribution in [3.63, 3.8) is 0 Å². The van der Waals surface area contributed by atoms with E-state index in [1.54, 1.807) is 18.3 Å². The largest absolute Gasteiger partial charge is 0.475 e. The highest BCUT2D eigenvalue weighted by Gasteiger charge is 2.46. The van der Waals surface area contributed by atoms with Gasteiger partial charge in [0.05, 0.1) is 5.83 Å². The van der Waals surface area contributed by atoms with Gasteiger partial charge in [0.1, 0.15) is 12.8 Å². The van der Waals surface area contributed by atoms with Crippen LogP contribution in [-0.2, 0) is 6.54 Å². The average molecular weight is 341 g/mol. The molecular formula is C17H25F2N3O2. The molecule has 1 heterocycles. The van der Waals surface area contributed by atoms with Gasteiger partial charge in [0.25, 0.3) is 0 Å². The van der Waals surface area contributed by atoms with E-state index in [9.17, 15) is 13.6 Å². The first-order valence-electron chi connectivity index (χ1n) is 8.10. The third kappa shape index (κ3) is 3.83. The summed E-state index contributed by atoms with van der Waals surface area (Å²) in [5.74, 6) is 0.320. The molecule has 3 aliphatic rings. The number of allylic oxidation sites excluding steroid dienone is 1. The number of pyridine rings is 1. The monoisotopic (exact) mass is 341 g/mol. The molecule has 0 spiro atoms. The topological polar surface area (TPSA) is 63.2 Å². The number of fused-ring (bicyclic) bond motifs is 2. The predicted octanol–water partition coefficient (Wildman–Crippen LogP) is 3.66. The van der Waals surface area contributed by atoms with Crippen LogP contribution >= 0.6 is 0 Å². The van der Waals surface area contributed by atoms with Crippen molar-refractivity contribution < 1.29 is 21.2 Å². The number of nitrogens with zero attached hydrogens (tertiary/aromatic N) is 1. The zero-order valence-corrected chi connectivity index (χ0v) is 13.6. The summed E-state index contributed by atoms with van der Waals surface area (Å²) in [5, 5.41) is 5.74. The van der Waals surface area contributed by atoms with Crippen molar-refractivity contribution in [3.05, 3.63) is 35.3 Å². The molecule has 0 radical (unpaired) electrons. The highest BCUT2D eigenvalue weighted by molar-refractivity contribution is 5.75. The number of amides is 2. The van der Waals surface area contributed by atoms with Crippen LogP contribution < -0.4 is 15.4 Å². The Morgan fingerprint density at radius 3 is 3.00 bits per heavy atom. The van der Waals surface area contributed by atoms with Gasteiger partial charge in [-0.1, -0.05) is 0 Å². The van der Waals surface area contributed by atoms with Crippen LogP contribution in [0.25, 0.3) is 0 Å². The van der Waals surface area contributed by atoms with Crippen LogP contribution in [0.1, 0.15) is 41.0 Å². The lowest BCUT2D eigenvalue weighted by molar-refractivity contribution is 0.184. The van der Waals surface area contributed by atoms with E-state index in [4.69, 9.17) is 4.74 Å². The molecule has 2 N–H and O–H groups in total. The number of nitrogens with one attached hydrogen (secondary N) is 2. The molecule has 0 aromatic carbocycles. The van der Waals surface area contributed by atoms with E-state index in [0.717, 1.165) is 11.1 Å². The Hall–Kier alpha value is -2.18. The maximum atomic E-state index is 13.4. The minimum atomic E-state index is -1.07. The predicted molar refractivity (Wildman–Crippen MR) is 89.2 cm³/mol. The summed E-state index contributed by atoms with van der Waals surface area (Å²) in [6.07, 6.45) is 2.76. The fourth-order valence-corrected chi connectivity index (χ4v) is 3.12. The maximum Gasteiger partial charge on any atom is 0.315 e. The Morgan fingerprint density at radius 1 is 1.54 bits per heavy atom. The molecule has 1 aromatic heterocycles. The van der Waals surface area contributed by atoms with Gasteiger partial charge in [0, 0.05) is 33.6 Å². The molecule has 0 saturated heterocycles. The maximum absolute atomic E-state index is 13.4. The molecule has 1 saturated carbocycles. The SMILES string of the molecule is CC(F)COc1cc(CNC(=O)NC23CCC(F)=C(C2)C3)ccn1.[HH].[HH]. The van der Waals surface area contributed by atoms with E-state index in [0.29, 0.717) is 38.1 Å². The first-order valence-corrected chi connectivity index (χ1v) is 8.10. The number of hydrogen-bond acceptors (Lipinski definition) is 3. The standard InChI is InChI=1S/C17H21F2N3O2.2H2/c1-11(18)10-24-15-6-12(3-5-20-15)9-21-16(23)22-17-4-2-14(19)13(7-17)8-17;;/h3,5-6,11H,2,4,7-10H2,1H3,(H2,21,22,23);2*1H. The molecule has 1 fully saturated rings. The second-order valence-electron chi connectivity index (χ2n) is 6.54. The molecule has 0 aliphatic heterocycles. The van der Waals surface area contributed by atoms with Crippen LogP contribution in [0.3, 0.4) is 0 Å². The molecule has 4 rings (SSSR count). The van der Waals surface area contributed by atoms with Gasteiger partial charge in [0.15, 0.2) is 0 Å². The van der Waals surface area contributed by atoms with E-state index in [-0.39, 0.29) is 26.9 Å². The molecule has 1 unspecified atom stereocenters. The minimum Gasteiger partial charge on any atom is -0.475 e. The summed E-state index contributed by atoms with van der Waals surface area (Å²) >= 11 is 0. The minimum absolute atomic E-state index is 0. The first-order chi connectivity index (χ1) is 11.5. The quantitative estimate of drug-likeness (QED) is 0.830. The first kappa shape index (κ1) is 16.7. The van der Waals surface area contributed by atoms with Gasteiger partial charge in [-0.05, 0) is 43.4 Å². The number of carbonyl (C=O) groups excluding carboxylic acids is 1. The molecule has 3 aliphatic carbocycles. The highest BCUT2D eigenvalue weighted by Crippen LogP contribution is 2.48. The summed E-state index contributed by atoms with van der Waals surface area (Å²) in [4.78, 5) is 16.1. The zero-order valence-electron chi connectivity index (χ0n) is 13.6. The van der Waals surface area contributed by atoms with E-state index in [2.05, 4.69) is 15.6 Å². The van der Waals surface area contributed by atoms with E-state index in [1.807, 2.05) is 0 Å². The fourth-order valence-electron chi connectivity index (χ4n) is 3.12. The fraction of sp³-hybridized carbons (Fsp3) is 0.529. The number of carbonyl (C=O) groups is 1. The van der Waals surface area contributed by atoms with Gasteiger partial charge >= 0.3 is 6.03 Å². The lowest BCUT2D eigenvalue weighted by Gasteiger charge is -2.48. The van der Waals surface area contributed by atoms with E-state index < -0.39 is 6.17 Å². The third-order valence-corrected chi connectivity index (χ3v) is 4.40. The number of hydrogen-bond donors (Lipinski definition) is 2. The van der Waals surface area contributed by atoms with Crippen LogP contribution in [0.2, 0.25) is 0 Å². The highest BCUT2D eigenvalue weighted by atomic mass is 19.1. The Bertz CT molecular complexity index is 663. The summed E-state index contributed by atoms with van der Waals surface area (Å²) in [5.41, 5.74) is 1.36. The summed E-state index contributed by atoms with van der Waals surface area (Å²) in [6.45, 7) is 1.66. The summed E-state index contributed by atoms with van der Waals surface area (Å²) in [6, 6.07) is 3.15. The van der Waals surface area contributed by atoms with Crippen LogP contribution in [-0.4, -0.2) is 29.3 Å². The number of urea groups is 1. The summed E-state index contributed by atoms with van der Waals surface area (Å²) < 4.78 is 31.3. The van der Waals surface area contributed by atoms with Crippen LogP contribution in [0.5, 0.6) is 5.88 Å². The molecule has 24 heavy (non-hydrogen) atoms. The van der Waals surface area contributed by atoms with Gasteiger partial charge in [0.2, 0.25) is 5.88 Å². The Kier molecular flexibility index (Phi) is 4.69. The molecule has 1 atom stereocenters. The van der Waals surface area contributed by atoms with Gasteiger partial charge < -0.3 is 15.4 Å². The normalized spacial score (nSPS) is 19.3. The van der Waals surface area contributed by atoms with Crippen molar-refractivity contribution in [3.8, 4) is 5.88 Å². The number of ether oxygens (including phenoxy) is 1. The Labute approximate surface area is 142 Å². The number of rotatable bonds is 6. The molecule has 7 heteroatoms. The van der Waals surface area contributed by atoms with Crippen LogP contribution in [0, 0.1) is 0 Å². The van der Waals surface area contributed by atoms with Gasteiger partial charge in [-0.25, -0.2) is 18.6 Å². The second kappa shape index (κ2) is 6.75. The number of alkyl halides is 1. The van der Waals surface area contributed by atoms with Gasteiger partial charge in [-0.15, -0.1) is 0 Å². The van der Waals surface area contributed by atoms with Crippen molar-refractivity contribution in [1.29, 1.82) is 0 Å². The lowest BCUT2D eigenvalue weighted by Crippen LogP contribution is -2.58. The molecule has 5 nitrogen and oxygen atoms in total. The number of aromatic nitrogens is 1. The van der Waals surface area contributed by atoms with Crippen molar-refractivity contribution >= 4 is 6.03 Å². The molecular weight excluding hydrogens is 316 g/mol. The summed E-state index contributed by atoms with van der Waals surface area (Å²) in [7, 11) is 0. The van der Waals surface area contributed by atoms with E-state index >= 15 is 0 Å². The molecule has 134 valence electrons. The van der Waals surface area contributed by atoms with Crippen molar-refractivity contribution in [1.82, 2.24) is 15.6 Å².